The summed E-state index contributed by atoms with van der Waals surface area (Å²) in [5.74, 6) is 1.89. The number of nitrogens with one attached hydrogen (secondary N) is 1. The second kappa shape index (κ2) is 5.57. The van der Waals surface area contributed by atoms with Crippen LogP contribution in [0.25, 0.3) is 5.65 Å². The molecule has 2 atom stereocenters. The second-order valence-corrected chi connectivity index (χ2v) is 5.31. The van der Waals surface area contributed by atoms with Gasteiger partial charge in [-0.1, -0.05) is 12.8 Å². The van der Waals surface area contributed by atoms with Crippen molar-refractivity contribution in [1.82, 2.24) is 14.6 Å². The molecule has 0 aliphatic heterocycles. The Hall–Kier alpha value is -1.62. The first kappa shape index (κ1) is 12.4. The van der Waals surface area contributed by atoms with Crippen LogP contribution in [0.1, 0.15) is 25.7 Å². The summed E-state index contributed by atoms with van der Waals surface area (Å²) < 4.78 is 1.75. The molecule has 2 aromatic heterocycles. The Labute approximate surface area is 112 Å². The van der Waals surface area contributed by atoms with Crippen molar-refractivity contribution in [2.75, 3.05) is 18.5 Å². The predicted molar refractivity (Wildman–Crippen MR) is 74.0 cm³/mol. The van der Waals surface area contributed by atoms with Crippen LogP contribution in [0.5, 0.6) is 0 Å². The summed E-state index contributed by atoms with van der Waals surface area (Å²) in [4.78, 5) is 4.50. The van der Waals surface area contributed by atoms with Gasteiger partial charge >= 0.3 is 0 Å². The first-order valence-electron chi connectivity index (χ1n) is 7.02. The lowest BCUT2D eigenvalue weighted by Crippen LogP contribution is -2.28. The van der Waals surface area contributed by atoms with Crippen LogP contribution >= 0.6 is 0 Å². The molecule has 0 bridgehead atoms. The molecule has 2 aromatic rings. The van der Waals surface area contributed by atoms with Crippen LogP contribution in [-0.4, -0.2) is 32.9 Å². The van der Waals surface area contributed by atoms with Gasteiger partial charge < -0.3 is 10.4 Å². The fourth-order valence-corrected chi connectivity index (χ4v) is 2.94. The van der Waals surface area contributed by atoms with E-state index >= 15 is 0 Å². The van der Waals surface area contributed by atoms with Crippen molar-refractivity contribution < 1.29 is 5.11 Å². The topological polar surface area (TPSA) is 62.5 Å². The van der Waals surface area contributed by atoms with E-state index in [9.17, 15) is 5.11 Å². The van der Waals surface area contributed by atoms with Crippen LogP contribution in [0, 0.1) is 11.8 Å². The van der Waals surface area contributed by atoms with E-state index < -0.39 is 0 Å². The number of aliphatic hydroxyl groups is 1. The molecule has 19 heavy (non-hydrogen) atoms. The van der Waals surface area contributed by atoms with E-state index in [2.05, 4.69) is 15.4 Å². The van der Waals surface area contributed by atoms with Crippen molar-refractivity contribution in [3.8, 4) is 0 Å². The lowest BCUT2D eigenvalue weighted by molar-refractivity contribution is 0.141. The number of fused-ring (bicyclic) bond motifs is 1. The van der Waals surface area contributed by atoms with Crippen LogP contribution in [0.2, 0.25) is 0 Å². The largest absolute Gasteiger partial charge is 0.396 e. The Morgan fingerprint density at radius 3 is 2.95 bits per heavy atom. The fourth-order valence-electron chi connectivity index (χ4n) is 2.94. The van der Waals surface area contributed by atoms with Crippen molar-refractivity contribution in [1.29, 1.82) is 0 Å². The summed E-state index contributed by atoms with van der Waals surface area (Å²) in [6.45, 7) is 1.20. The Bertz CT molecular complexity index is 539. The molecule has 0 spiro atoms. The molecule has 3 rings (SSSR count). The third-order valence-electron chi connectivity index (χ3n) is 4.10. The van der Waals surface area contributed by atoms with E-state index in [1.54, 1.807) is 10.7 Å². The minimum Gasteiger partial charge on any atom is -0.396 e. The maximum Gasteiger partial charge on any atom is 0.157 e. The summed E-state index contributed by atoms with van der Waals surface area (Å²) in [5.41, 5.74) is 0.854. The smallest absolute Gasteiger partial charge is 0.157 e. The van der Waals surface area contributed by atoms with E-state index in [0.29, 0.717) is 18.4 Å². The number of anilines is 1. The Kier molecular flexibility index (Phi) is 3.64. The number of nitrogens with zero attached hydrogens (tertiary/aromatic N) is 3. The Balaban J connectivity index is 1.64. The molecule has 102 valence electrons. The van der Waals surface area contributed by atoms with Gasteiger partial charge in [0.15, 0.2) is 5.65 Å². The van der Waals surface area contributed by atoms with Crippen LogP contribution in [0.3, 0.4) is 0 Å². The minimum atomic E-state index is 0.307. The molecule has 1 saturated carbocycles. The zero-order valence-corrected chi connectivity index (χ0v) is 11.0. The summed E-state index contributed by atoms with van der Waals surface area (Å²) >= 11 is 0. The molecule has 2 heterocycles. The van der Waals surface area contributed by atoms with Crippen LogP contribution < -0.4 is 5.32 Å². The molecule has 5 nitrogen and oxygen atoms in total. The normalized spacial score (nSPS) is 23.6. The van der Waals surface area contributed by atoms with Gasteiger partial charge in [-0.25, -0.2) is 9.50 Å². The van der Waals surface area contributed by atoms with Gasteiger partial charge in [-0.2, -0.15) is 5.10 Å². The lowest BCUT2D eigenvalue weighted by Gasteiger charge is -2.30. The van der Waals surface area contributed by atoms with E-state index in [1.807, 2.05) is 18.3 Å². The number of aliphatic hydroxyl groups excluding tert-OH is 1. The molecule has 1 fully saturated rings. The minimum absolute atomic E-state index is 0.307. The molecule has 0 amide bonds. The molecule has 1 aliphatic rings. The van der Waals surface area contributed by atoms with E-state index in [4.69, 9.17) is 0 Å². The van der Waals surface area contributed by atoms with Crippen LogP contribution in [-0.2, 0) is 0 Å². The maximum atomic E-state index is 9.42. The van der Waals surface area contributed by atoms with Gasteiger partial charge in [0, 0.05) is 25.4 Å². The van der Waals surface area contributed by atoms with Gasteiger partial charge in [-0.15, -0.1) is 0 Å². The van der Waals surface area contributed by atoms with Gasteiger partial charge in [-0.3, -0.25) is 0 Å². The molecule has 0 aromatic carbocycles. The van der Waals surface area contributed by atoms with E-state index in [-0.39, 0.29) is 0 Å². The second-order valence-electron chi connectivity index (χ2n) is 5.31. The third kappa shape index (κ3) is 2.71. The summed E-state index contributed by atoms with van der Waals surface area (Å²) in [6, 6.07) is 3.83. The average molecular weight is 260 g/mol. The zero-order chi connectivity index (χ0) is 13.1. The molecule has 2 unspecified atom stereocenters. The summed E-state index contributed by atoms with van der Waals surface area (Å²) in [6.07, 6.45) is 8.54. The maximum absolute atomic E-state index is 9.42. The summed E-state index contributed by atoms with van der Waals surface area (Å²) in [5, 5.41) is 16.9. The zero-order valence-electron chi connectivity index (χ0n) is 11.0. The van der Waals surface area contributed by atoms with Crippen molar-refractivity contribution in [3.63, 3.8) is 0 Å². The van der Waals surface area contributed by atoms with Gasteiger partial charge in [0.1, 0.15) is 5.82 Å². The van der Waals surface area contributed by atoms with Crippen LogP contribution in [0.15, 0.2) is 24.5 Å². The van der Waals surface area contributed by atoms with Gasteiger partial charge in [0.05, 0.1) is 6.20 Å². The highest BCUT2D eigenvalue weighted by molar-refractivity contribution is 5.45. The SMILES string of the molecule is OCC1CCCCC1CNc1ccn2nccc2n1. The van der Waals surface area contributed by atoms with E-state index in [1.165, 1.54) is 19.3 Å². The molecular weight excluding hydrogens is 240 g/mol. The highest BCUT2D eigenvalue weighted by atomic mass is 16.3. The highest BCUT2D eigenvalue weighted by Crippen LogP contribution is 2.29. The van der Waals surface area contributed by atoms with Crippen LogP contribution in [0.4, 0.5) is 5.82 Å². The first-order valence-corrected chi connectivity index (χ1v) is 7.02. The van der Waals surface area contributed by atoms with Crippen molar-refractivity contribution in [3.05, 3.63) is 24.5 Å². The average Bonchev–Trinajstić information content (AvgIpc) is 2.93. The predicted octanol–water partition coefficient (Wildman–Crippen LogP) is 1.94. The Morgan fingerprint density at radius 1 is 1.26 bits per heavy atom. The van der Waals surface area contributed by atoms with Gasteiger partial charge in [0.25, 0.3) is 0 Å². The number of hydrogen-bond acceptors (Lipinski definition) is 4. The standard InChI is InChI=1S/C14H20N4O/c19-10-12-4-2-1-3-11(12)9-15-13-6-8-18-14(17-13)5-7-16-18/h5-8,11-12,19H,1-4,9-10H2,(H,15,17). The number of hydrogen-bond donors (Lipinski definition) is 2. The highest BCUT2D eigenvalue weighted by Gasteiger charge is 2.24. The van der Waals surface area contributed by atoms with Crippen molar-refractivity contribution in [2.24, 2.45) is 11.8 Å². The number of aromatic nitrogens is 3. The molecule has 0 saturated heterocycles. The first-order chi connectivity index (χ1) is 9.36. The Morgan fingerprint density at radius 2 is 2.11 bits per heavy atom. The third-order valence-corrected chi connectivity index (χ3v) is 4.10. The quantitative estimate of drug-likeness (QED) is 0.882. The van der Waals surface area contributed by atoms with Gasteiger partial charge in [0.2, 0.25) is 0 Å². The number of rotatable bonds is 4. The molecule has 1 aliphatic carbocycles. The molecule has 0 radical (unpaired) electrons. The molecule has 2 N–H and O–H groups in total. The van der Waals surface area contributed by atoms with Crippen molar-refractivity contribution >= 4 is 11.5 Å². The van der Waals surface area contributed by atoms with Gasteiger partial charge in [-0.05, 0) is 30.7 Å². The molecule has 5 heteroatoms. The van der Waals surface area contributed by atoms with Crippen molar-refractivity contribution in [2.45, 2.75) is 25.7 Å². The summed E-state index contributed by atoms with van der Waals surface area (Å²) in [7, 11) is 0. The monoisotopic (exact) mass is 260 g/mol. The fraction of sp³-hybridized carbons (Fsp3) is 0.571. The lowest BCUT2D eigenvalue weighted by atomic mass is 9.79. The molecular formula is C14H20N4O. The van der Waals surface area contributed by atoms with E-state index in [0.717, 1.165) is 24.4 Å².